The first kappa shape index (κ1) is 19.2. The Balaban J connectivity index is 2.04. The Hall–Kier alpha value is -2.60. The van der Waals surface area contributed by atoms with Gasteiger partial charge >= 0.3 is 0 Å². The van der Waals surface area contributed by atoms with Gasteiger partial charge in [-0.2, -0.15) is 5.26 Å². The summed E-state index contributed by atoms with van der Waals surface area (Å²) in [6, 6.07) is 26.2. The van der Waals surface area contributed by atoms with Crippen LogP contribution in [-0.4, -0.2) is 5.78 Å². The van der Waals surface area contributed by atoms with Crippen LogP contribution in [0.3, 0.4) is 0 Å². The normalized spacial score (nSPS) is 12.8. The summed E-state index contributed by atoms with van der Waals surface area (Å²) in [5.74, 6) is -1.02. The van der Waals surface area contributed by atoms with Crippen LogP contribution in [-0.2, 0) is 0 Å². The standard InChI is InChI=1S/C23H17Cl2NO/c24-20-12-7-13-21(25)23(20)19(15-26)18(16-8-3-1-4-9-16)14-22(27)17-10-5-2-6-11-17/h1-13,18-19H,14H2/t18-,19+/m1/s1. The van der Waals surface area contributed by atoms with Crippen molar-refractivity contribution in [3.8, 4) is 6.07 Å². The molecule has 3 rings (SSSR count). The van der Waals surface area contributed by atoms with E-state index in [-0.39, 0.29) is 18.1 Å². The molecule has 0 N–H and O–H groups in total. The zero-order valence-corrected chi connectivity index (χ0v) is 16.0. The molecule has 2 atom stereocenters. The van der Waals surface area contributed by atoms with Gasteiger partial charge in [-0.05, 0) is 17.7 Å². The van der Waals surface area contributed by atoms with Crippen LogP contribution in [0, 0.1) is 11.3 Å². The maximum atomic E-state index is 12.9. The molecule has 3 aromatic carbocycles. The number of hydrogen-bond donors (Lipinski definition) is 0. The molecule has 0 aliphatic carbocycles. The first-order valence-electron chi connectivity index (χ1n) is 8.58. The molecule has 0 bridgehead atoms. The van der Waals surface area contributed by atoms with Gasteiger partial charge in [0.1, 0.15) is 0 Å². The third kappa shape index (κ3) is 4.39. The highest BCUT2D eigenvalue weighted by Gasteiger charge is 2.30. The van der Waals surface area contributed by atoms with E-state index >= 15 is 0 Å². The Morgan fingerprint density at radius 2 is 1.41 bits per heavy atom. The Bertz CT molecular complexity index is 944. The predicted octanol–water partition coefficient (Wildman–Crippen LogP) is 6.66. The summed E-state index contributed by atoms with van der Waals surface area (Å²) in [7, 11) is 0. The van der Waals surface area contributed by atoms with Gasteiger partial charge in [-0.15, -0.1) is 0 Å². The maximum absolute atomic E-state index is 12.9. The molecule has 0 aromatic heterocycles. The lowest BCUT2D eigenvalue weighted by Crippen LogP contribution is -2.16. The second-order valence-corrected chi connectivity index (χ2v) is 7.07. The van der Waals surface area contributed by atoms with E-state index in [4.69, 9.17) is 23.2 Å². The first-order chi connectivity index (χ1) is 13.1. The second-order valence-electron chi connectivity index (χ2n) is 6.25. The minimum absolute atomic E-state index is 0.0205. The topological polar surface area (TPSA) is 40.9 Å². The van der Waals surface area contributed by atoms with Crippen molar-refractivity contribution in [3.63, 3.8) is 0 Å². The largest absolute Gasteiger partial charge is 0.294 e. The molecular formula is C23H17Cl2NO. The van der Waals surface area contributed by atoms with Crippen molar-refractivity contribution in [2.45, 2.75) is 18.3 Å². The summed E-state index contributed by atoms with van der Waals surface area (Å²) >= 11 is 12.7. The second kappa shape index (κ2) is 8.86. The van der Waals surface area contributed by atoms with Gasteiger partial charge in [0, 0.05) is 33.5 Å². The van der Waals surface area contributed by atoms with Crippen molar-refractivity contribution in [2.75, 3.05) is 0 Å². The number of Topliss-reactive ketones (excluding diaryl/α,β-unsaturated/α-hetero) is 1. The van der Waals surface area contributed by atoms with Crippen molar-refractivity contribution < 1.29 is 4.79 Å². The molecule has 0 heterocycles. The fourth-order valence-corrected chi connectivity index (χ4v) is 3.87. The van der Waals surface area contributed by atoms with Crippen LogP contribution in [0.1, 0.15) is 39.7 Å². The molecule has 4 heteroatoms. The Morgan fingerprint density at radius 3 is 1.96 bits per heavy atom. The average molecular weight is 394 g/mol. The van der Waals surface area contributed by atoms with E-state index in [2.05, 4.69) is 6.07 Å². The minimum Gasteiger partial charge on any atom is -0.294 e. The fourth-order valence-electron chi connectivity index (χ4n) is 3.23. The maximum Gasteiger partial charge on any atom is 0.163 e. The van der Waals surface area contributed by atoms with Crippen molar-refractivity contribution in [3.05, 3.63) is 106 Å². The Morgan fingerprint density at radius 1 is 0.852 bits per heavy atom. The van der Waals surface area contributed by atoms with E-state index in [1.165, 1.54) is 0 Å². The van der Waals surface area contributed by atoms with Crippen LogP contribution in [0.25, 0.3) is 0 Å². The quantitative estimate of drug-likeness (QED) is 0.439. The molecule has 0 aliphatic rings. The third-order valence-corrected chi connectivity index (χ3v) is 5.24. The highest BCUT2D eigenvalue weighted by atomic mass is 35.5. The Kier molecular flexibility index (Phi) is 6.29. The van der Waals surface area contributed by atoms with Crippen LogP contribution >= 0.6 is 23.2 Å². The molecule has 3 aromatic rings. The van der Waals surface area contributed by atoms with Crippen molar-refractivity contribution in [1.82, 2.24) is 0 Å². The zero-order valence-electron chi connectivity index (χ0n) is 14.5. The molecule has 0 aliphatic heterocycles. The minimum atomic E-state index is -0.638. The highest BCUT2D eigenvalue weighted by molar-refractivity contribution is 6.36. The van der Waals surface area contributed by atoms with Gasteiger partial charge in [-0.25, -0.2) is 0 Å². The molecular weight excluding hydrogens is 377 g/mol. The third-order valence-electron chi connectivity index (χ3n) is 4.58. The van der Waals surface area contributed by atoms with Crippen LogP contribution < -0.4 is 0 Å². The summed E-state index contributed by atoms with van der Waals surface area (Å²) in [6.45, 7) is 0. The van der Waals surface area contributed by atoms with E-state index in [9.17, 15) is 10.1 Å². The lowest BCUT2D eigenvalue weighted by Gasteiger charge is -2.24. The van der Waals surface area contributed by atoms with E-state index in [1.54, 1.807) is 30.3 Å². The van der Waals surface area contributed by atoms with E-state index < -0.39 is 5.92 Å². The van der Waals surface area contributed by atoms with E-state index in [0.717, 1.165) is 5.56 Å². The lowest BCUT2D eigenvalue weighted by atomic mass is 9.78. The average Bonchev–Trinajstić information content (AvgIpc) is 2.70. The van der Waals surface area contributed by atoms with Gasteiger partial charge in [0.15, 0.2) is 5.78 Å². The summed E-state index contributed by atoms with van der Waals surface area (Å²) in [5.41, 5.74) is 2.10. The van der Waals surface area contributed by atoms with Gasteiger partial charge in [-0.3, -0.25) is 4.79 Å². The van der Waals surface area contributed by atoms with Gasteiger partial charge in [0.2, 0.25) is 0 Å². The predicted molar refractivity (Wildman–Crippen MR) is 109 cm³/mol. The molecule has 0 unspecified atom stereocenters. The SMILES string of the molecule is N#C[C@H](c1c(Cl)cccc1Cl)[C@H](CC(=O)c1ccccc1)c1ccccc1. The van der Waals surface area contributed by atoms with Crippen molar-refractivity contribution >= 4 is 29.0 Å². The number of rotatable bonds is 6. The zero-order chi connectivity index (χ0) is 19.2. The fraction of sp³-hybridized carbons (Fsp3) is 0.130. The molecule has 0 radical (unpaired) electrons. The van der Waals surface area contributed by atoms with E-state index in [0.29, 0.717) is 21.2 Å². The summed E-state index contributed by atoms with van der Waals surface area (Å²) in [6.07, 6.45) is 0.188. The molecule has 0 saturated heterocycles. The summed E-state index contributed by atoms with van der Waals surface area (Å²) in [5, 5.41) is 10.8. The van der Waals surface area contributed by atoms with Crippen LogP contribution in [0.15, 0.2) is 78.9 Å². The van der Waals surface area contributed by atoms with Crippen LogP contribution in [0.5, 0.6) is 0 Å². The number of nitrogens with zero attached hydrogens (tertiary/aromatic N) is 1. The van der Waals surface area contributed by atoms with Crippen molar-refractivity contribution in [2.24, 2.45) is 0 Å². The van der Waals surface area contributed by atoms with E-state index in [1.807, 2.05) is 48.5 Å². The monoisotopic (exact) mass is 393 g/mol. The highest BCUT2D eigenvalue weighted by Crippen LogP contribution is 2.42. The smallest absolute Gasteiger partial charge is 0.163 e. The molecule has 134 valence electrons. The molecule has 0 fully saturated rings. The van der Waals surface area contributed by atoms with Gasteiger partial charge in [0.25, 0.3) is 0 Å². The molecule has 0 spiro atoms. The number of halogens is 2. The number of nitriles is 1. The number of benzene rings is 3. The van der Waals surface area contributed by atoms with Crippen molar-refractivity contribution in [1.29, 1.82) is 5.26 Å². The molecule has 27 heavy (non-hydrogen) atoms. The van der Waals surface area contributed by atoms with Gasteiger partial charge in [0.05, 0.1) is 12.0 Å². The Labute approximate surface area is 169 Å². The number of carbonyl (C=O) groups excluding carboxylic acids is 1. The van der Waals surface area contributed by atoms with Gasteiger partial charge < -0.3 is 0 Å². The van der Waals surface area contributed by atoms with Crippen LogP contribution in [0.4, 0.5) is 0 Å². The number of hydrogen-bond acceptors (Lipinski definition) is 2. The number of carbonyl (C=O) groups is 1. The lowest BCUT2D eigenvalue weighted by molar-refractivity contribution is 0.0971. The molecule has 2 nitrogen and oxygen atoms in total. The van der Waals surface area contributed by atoms with Crippen LogP contribution in [0.2, 0.25) is 10.0 Å². The molecule has 0 amide bonds. The van der Waals surface area contributed by atoms with Gasteiger partial charge in [-0.1, -0.05) is 89.9 Å². The summed E-state index contributed by atoms with van der Waals surface area (Å²) in [4.78, 5) is 12.9. The first-order valence-corrected chi connectivity index (χ1v) is 9.34. The molecule has 0 saturated carbocycles. The number of ketones is 1. The summed E-state index contributed by atoms with van der Waals surface area (Å²) < 4.78 is 0.